The summed E-state index contributed by atoms with van der Waals surface area (Å²) in [6.45, 7) is 3.81. The summed E-state index contributed by atoms with van der Waals surface area (Å²) in [4.78, 5) is 4.64. The SMILES string of the molecule is Cc1nn(C)c2c1nc(C(C)Cl)n2C1CCS(=O)(=O)CC1. The van der Waals surface area contributed by atoms with Crippen molar-refractivity contribution in [3.05, 3.63) is 11.5 Å². The second kappa shape index (κ2) is 4.98. The Kier molecular flexibility index (Phi) is 3.52. The van der Waals surface area contributed by atoms with Crippen molar-refractivity contribution in [1.82, 2.24) is 19.3 Å². The monoisotopic (exact) mass is 330 g/mol. The van der Waals surface area contributed by atoms with Gasteiger partial charge in [0.1, 0.15) is 21.2 Å². The maximum atomic E-state index is 11.7. The molecule has 0 aromatic carbocycles. The highest BCUT2D eigenvalue weighted by molar-refractivity contribution is 7.91. The van der Waals surface area contributed by atoms with Gasteiger partial charge >= 0.3 is 0 Å². The summed E-state index contributed by atoms with van der Waals surface area (Å²) in [5.74, 6) is 1.25. The molecule has 1 saturated heterocycles. The van der Waals surface area contributed by atoms with Crippen molar-refractivity contribution < 1.29 is 8.42 Å². The molecule has 2 aromatic heterocycles. The highest BCUT2D eigenvalue weighted by Crippen LogP contribution is 2.34. The molecule has 0 aliphatic carbocycles. The molecule has 0 amide bonds. The largest absolute Gasteiger partial charge is 0.308 e. The third-order valence-corrected chi connectivity index (χ3v) is 6.02. The summed E-state index contributed by atoms with van der Waals surface area (Å²) in [5.41, 5.74) is 2.65. The van der Waals surface area contributed by atoms with Crippen LogP contribution in [0.2, 0.25) is 0 Å². The lowest BCUT2D eigenvalue weighted by molar-refractivity contribution is 0.439. The van der Waals surface area contributed by atoms with Crippen LogP contribution in [0.1, 0.15) is 42.7 Å². The van der Waals surface area contributed by atoms with Gasteiger partial charge in [0.2, 0.25) is 0 Å². The molecule has 1 aliphatic heterocycles. The summed E-state index contributed by atoms with van der Waals surface area (Å²) < 4.78 is 27.2. The van der Waals surface area contributed by atoms with E-state index in [2.05, 4.69) is 14.6 Å². The van der Waals surface area contributed by atoms with E-state index in [0.29, 0.717) is 12.8 Å². The molecule has 21 heavy (non-hydrogen) atoms. The number of alkyl halides is 1. The van der Waals surface area contributed by atoms with Crippen molar-refractivity contribution in [2.24, 2.45) is 7.05 Å². The zero-order valence-corrected chi connectivity index (χ0v) is 13.9. The number of aromatic nitrogens is 4. The molecule has 116 valence electrons. The lowest BCUT2D eigenvalue weighted by atomic mass is 10.1. The van der Waals surface area contributed by atoms with E-state index in [1.165, 1.54) is 0 Å². The molecule has 0 bridgehead atoms. The molecule has 0 spiro atoms. The third-order valence-electron chi connectivity index (χ3n) is 4.11. The average Bonchev–Trinajstić information content (AvgIpc) is 2.90. The number of hydrogen-bond donors (Lipinski definition) is 0. The lowest BCUT2D eigenvalue weighted by Gasteiger charge is -2.26. The van der Waals surface area contributed by atoms with Crippen LogP contribution in [-0.4, -0.2) is 39.3 Å². The second-order valence-electron chi connectivity index (χ2n) is 5.72. The van der Waals surface area contributed by atoms with Crippen molar-refractivity contribution in [2.75, 3.05) is 11.5 Å². The quantitative estimate of drug-likeness (QED) is 0.791. The molecule has 0 saturated carbocycles. The summed E-state index contributed by atoms with van der Waals surface area (Å²) in [6, 6.07) is 0.115. The smallest absolute Gasteiger partial charge is 0.158 e. The molecular weight excluding hydrogens is 312 g/mol. The zero-order valence-electron chi connectivity index (χ0n) is 12.4. The standard InChI is InChI=1S/C13H19ClN4O2S/c1-8(14)12-15-11-9(2)16-17(3)13(11)18(12)10-4-6-21(19,20)7-5-10/h8,10H,4-7H2,1-3H3. The second-order valence-corrected chi connectivity index (χ2v) is 8.68. The van der Waals surface area contributed by atoms with E-state index < -0.39 is 9.84 Å². The van der Waals surface area contributed by atoms with Crippen molar-refractivity contribution in [3.63, 3.8) is 0 Å². The Hall–Kier alpha value is -1.08. The molecule has 3 rings (SSSR count). The van der Waals surface area contributed by atoms with E-state index in [-0.39, 0.29) is 22.9 Å². The lowest BCUT2D eigenvalue weighted by Crippen LogP contribution is -2.27. The average molecular weight is 331 g/mol. The Labute approximate surface area is 129 Å². The van der Waals surface area contributed by atoms with Crippen LogP contribution in [0.15, 0.2) is 0 Å². The number of sulfone groups is 1. The maximum absolute atomic E-state index is 11.7. The highest BCUT2D eigenvalue weighted by atomic mass is 35.5. The molecule has 6 nitrogen and oxygen atoms in total. The molecule has 0 radical (unpaired) electrons. The number of imidazole rings is 1. The van der Waals surface area contributed by atoms with Crippen LogP contribution in [0.3, 0.4) is 0 Å². The van der Waals surface area contributed by atoms with Crippen LogP contribution in [-0.2, 0) is 16.9 Å². The van der Waals surface area contributed by atoms with Gasteiger partial charge in [-0.3, -0.25) is 4.68 Å². The summed E-state index contributed by atoms with van der Waals surface area (Å²) in [6.07, 6.45) is 1.21. The van der Waals surface area contributed by atoms with Gasteiger partial charge in [0.25, 0.3) is 0 Å². The minimum Gasteiger partial charge on any atom is -0.308 e. The van der Waals surface area contributed by atoms with Crippen LogP contribution in [0.5, 0.6) is 0 Å². The fraction of sp³-hybridized carbons (Fsp3) is 0.692. The number of nitrogens with zero attached hydrogens (tertiary/aromatic N) is 4. The Bertz CT molecular complexity index is 777. The number of aryl methyl sites for hydroxylation is 2. The normalized spacial score (nSPS) is 21.0. The van der Waals surface area contributed by atoms with Crippen LogP contribution in [0.25, 0.3) is 11.2 Å². The van der Waals surface area contributed by atoms with E-state index >= 15 is 0 Å². The van der Waals surface area contributed by atoms with E-state index in [4.69, 9.17) is 11.6 Å². The predicted octanol–water partition coefficient (Wildman–Crippen LogP) is 2.13. The fourth-order valence-corrected chi connectivity index (χ4v) is 4.71. The molecule has 1 unspecified atom stereocenters. The number of fused-ring (bicyclic) bond motifs is 1. The Morgan fingerprint density at radius 3 is 2.52 bits per heavy atom. The maximum Gasteiger partial charge on any atom is 0.158 e. The van der Waals surface area contributed by atoms with Gasteiger partial charge in [-0.05, 0) is 26.7 Å². The highest BCUT2D eigenvalue weighted by Gasteiger charge is 2.30. The number of hydrogen-bond acceptors (Lipinski definition) is 4. The molecule has 1 aliphatic rings. The van der Waals surface area contributed by atoms with Gasteiger partial charge in [-0.1, -0.05) is 0 Å². The Balaban J connectivity index is 2.14. The van der Waals surface area contributed by atoms with Crippen LogP contribution >= 0.6 is 11.6 Å². The number of rotatable bonds is 2. The fourth-order valence-electron chi connectivity index (χ4n) is 3.09. The third kappa shape index (κ3) is 2.46. The molecule has 1 fully saturated rings. The summed E-state index contributed by atoms with van der Waals surface area (Å²) in [5, 5.41) is 4.18. The summed E-state index contributed by atoms with van der Waals surface area (Å²) >= 11 is 6.29. The van der Waals surface area contributed by atoms with E-state index in [1.807, 2.05) is 25.6 Å². The van der Waals surface area contributed by atoms with Crippen molar-refractivity contribution >= 4 is 32.6 Å². The van der Waals surface area contributed by atoms with E-state index in [1.54, 1.807) is 0 Å². The van der Waals surface area contributed by atoms with Crippen LogP contribution in [0, 0.1) is 6.92 Å². The first-order chi connectivity index (χ1) is 9.80. The molecule has 3 heterocycles. The van der Waals surface area contributed by atoms with Gasteiger partial charge in [-0.2, -0.15) is 5.10 Å². The van der Waals surface area contributed by atoms with Gasteiger partial charge in [0.05, 0.1) is 22.6 Å². The van der Waals surface area contributed by atoms with E-state index in [0.717, 1.165) is 22.7 Å². The Morgan fingerprint density at radius 1 is 1.33 bits per heavy atom. The van der Waals surface area contributed by atoms with Gasteiger partial charge in [0.15, 0.2) is 5.65 Å². The minimum absolute atomic E-state index is 0.115. The minimum atomic E-state index is -2.89. The van der Waals surface area contributed by atoms with Crippen LogP contribution in [0.4, 0.5) is 0 Å². The summed E-state index contributed by atoms with van der Waals surface area (Å²) in [7, 11) is -1.00. The first-order valence-corrected chi connectivity index (χ1v) is 9.32. The predicted molar refractivity (Wildman–Crippen MR) is 82.4 cm³/mol. The first kappa shape index (κ1) is 14.8. The zero-order chi connectivity index (χ0) is 15.4. The topological polar surface area (TPSA) is 69.8 Å². The van der Waals surface area contributed by atoms with Crippen LogP contribution < -0.4 is 0 Å². The molecule has 8 heteroatoms. The van der Waals surface area contributed by atoms with Gasteiger partial charge in [0, 0.05) is 13.1 Å². The van der Waals surface area contributed by atoms with Gasteiger partial charge < -0.3 is 4.57 Å². The Morgan fingerprint density at radius 2 is 1.95 bits per heavy atom. The van der Waals surface area contributed by atoms with E-state index in [9.17, 15) is 8.42 Å². The first-order valence-electron chi connectivity index (χ1n) is 7.06. The van der Waals surface area contributed by atoms with Gasteiger partial charge in [-0.15, -0.1) is 11.6 Å². The number of halogens is 1. The molecular formula is C13H19ClN4O2S. The molecule has 0 N–H and O–H groups in total. The molecule has 1 atom stereocenters. The van der Waals surface area contributed by atoms with Gasteiger partial charge in [-0.25, -0.2) is 13.4 Å². The van der Waals surface area contributed by atoms with Crippen molar-refractivity contribution in [1.29, 1.82) is 0 Å². The van der Waals surface area contributed by atoms with Crippen molar-refractivity contribution in [2.45, 2.75) is 38.1 Å². The molecule has 2 aromatic rings. The van der Waals surface area contributed by atoms with Crippen molar-refractivity contribution in [3.8, 4) is 0 Å².